The number of hydrogen-bond donors (Lipinski definition) is 1. The first-order valence-electron chi connectivity index (χ1n) is 6.95. The summed E-state index contributed by atoms with van der Waals surface area (Å²) in [6, 6.07) is 9.02. The average molecular weight is 242 g/mol. The van der Waals surface area contributed by atoms with Gasteiger partial charge in [0.25, 0.3) is 0 Å². The van der Waals surface area contributed by atoms with Crippen molar-refractivity contribution < 1.29 is 5.21 Å². The first-order valence-corrected chi connectivity index (χ1v) is 6.95. The van der Waals surface area contributed by atoms with Crippen molar-refractivity contribution >= 4 is 11.4 Å². The van der Waals surface area contributed by atoms with Crippen LogP contribution in [0.4, 0.5) is 5.69 Å². The Kier molecular flexibility index (Phi) is 2.16. The SMILES string of the molecule is ON=C1C2CCC(C2)C1N1CCc2ccccc21. The number of hydrogen-bond acceptors (Lipinski definition) is 3. The topological polar surface area (TPSA) is 35.8 Å². The highest BCUT2D eigenvalue weighted by Gasteiger charge is 2.49. The van der Waals surface area contributed by atoms with E-state index in [9.17, 15) is 5.21 Å². The van der Waals surface area contributed by atoms with Gasteiger partial charge in [-0.15, -0.1) is 0 Å². The van der Waals surface area contributed by atoms with Gasteiger partial charge >= 0.3 is 0 Å². The molecule has 3 atom stereocenters. The Labute approximate surface area is 107 Å². The molecule has 2 bridgehead atoms. The van der Waals surface area contributed by atoms with Gasteiger partial charge in [-0.05, 0) is 43.2 Å². The first kappa shape index (κ1) is 10.4. The van der Waals surface area contributed by atoms with Crippen LogP contribution in [0.5, 0.6) is 0 Å². The van der Waals surface area contributed by atoms with Crippen LogP contribution in [-0.2, 0) is 6.42 Å². The summed E-state index contributed by atoms with van der Waals surface area (Å²) in [5.74, 6) is 1.24. The summed E-state index contributed by atoms with van der Waals surface area (Å²) < 4.78 is 0. The minimum absolute atomic E-state index is 0.359. The van der Waals surface area contributed by atoms with Crippen molar-refractivity contribution in [3.05, 3.63) is 29.8 Å². The number of oxime groups is 1. The Morgan fingerprint density at radius 3 is 3.00 bits per heavy atom. The van der Waals surface area contributed by atoms with Crippen LogP contribution >= 0.6 is 0 Å². The second-order valence-corrected chi connectivity index (χ2v) is 5.81. The number of nitrogens with zero attached hydrogens (tertiary/aromatic N) is 2. The van der Waals surface area contributed by atoms with Crippen LogP contribution < -0.4 is 4.90 Å². The minimum atomic E-state index is 0.359. The molecule has 0 spiro atoms. The lowest BCUT2D eigenvalue weighted by atomic mass is 9.92. The zero-order valence-electron chi connectivity index (χ0n) is 10.4. The van der Waals surface area contributed by atoms with E-state index in [-0.39, 0.29) is 0 Å². The summed E-state index contributed by atoms with van der Waals surface area (Å²) >= 11 is 0. The summed E-state index contributed by atoms with van der Waals surface area (Å²) in [4.78, 5) is 2.48. The van der Waals surface area contributed by atoms with E-state index in [1.54, 1.807) is 0 Å². The molecule has 2 saturated carbocycles. The van der Waals surface area contributed by atoms with E-state index in [0.717, 1.165) is 18.7 Å². The van der Waals surface area contributed by atoms with Gasteiger partial charge < -0.3 is 10.1 Å². The second kappa shape index (κ2) is 3.74. The van der Waals surface area contributed by atoms with Crippen molar-refractivity contribution in [2.75, 3.05) is 11.4 Å². The molecule has 0 amide bonds. The summed E-state index contributed by atoms with van der Waals surface area (Å²) in [7, 11) is 0. The van der Waals surface area contributed by atoms with E-state index in [0.29, 0.717) is 17.9 Å². The van der Waals surface area contributed by atoms with Gasteiger partial charge in [-0.2, -0.15) is 0 Å². The Bertz CT molecular complexity index is 511. The van der Waals surface area contributed by atoms with Crippen LogP contribution in [0.2, 0.25) is 0 Å². The smallest absolute Gasteiger partial charge is 0.0828 e. The lowest BCUT2D eigenvalue weighted by molar-refractivity contribution is 0.311. The maximum atomic E-state index is 9.33. The predicted octanol–water partition coefficient (Wildman–Crippen LogP) is 2.68. The van der Waals surface area contributed by atoms with Gasteiger partial charge in [0, 0.05) is 18.2 Å². The van der Waals surface area contributed by atoms with E-state index in [1.165, 1.54) is 30.5 Å². The normalized spacial score (nSPS) is 35.4. The van der Waals surface area contributed by atoms with Crippen LogP contribution in [0.1, 0.15) is 24.8 Å². The molecule has 3 unspecified atom stereocenters. The third-order valence-corrected chi connectivity index (χ3v) is 5.02. The third kappa shape index (κ3) is 1.27. The monoisotopic (exact) mass is 242 g/mol. The predicted molar refractivity (Wildman–Crippen MR) is 71.3 cm³/mol. The zero-order valence-corrected chi connectivity index (χ0v) is 10.4. The van der Waals surface area contributed by atoms with Gasteiger partial charge in [0.15, 0.2) is 0 Å². The van der Waals surface area contributed by atoms with Crippen LogP contribution in [0.3, 0.4) is 0 Å². The Morgan fingerprint density at radius 1 is 1.22 bits per heavy atom. The summed E-state index contributed by atoms with van der Waals surface area (Å²) in [5, 5.41) is 13.0. The molecule has 1 aliphatic heterocycles. The molecule has 94 valence electrons. The summed E-state index contributed by atoms with van der Waals surface area (Å²) in [6.07, 6.45) is 4.87. The number of anilines is 1. The van der Waals surface area contributed by atoms with E-state index in [1.807, 2.05) is 0 Å². The van der Waals surface area contributed by atoms with E-state index in [2.05, 4.69) is 34.3 Å². The summed E-state index contributed by atoms with van der Waals surface area (Å²) in [5.41, 5.74) is 3.84. The molecule has 0 saturated heterocycles. The molecule has 1 N–H and O–H groups in total. The molecule has 18 heavy (non-hydrogen) atoms. The molecule has 0 aromatic heterocycles. The third-order valence-electron chi connectivity index (χ3n) is 5.02. The fraction of sp³-hybridized carbons (Fsp3) is 0.533. The van der Waals surface area contributed by atoms with Crippen molar-refractivity contribution in [1.29, 1.82) is 0 Å². The highest BCUT2D eigenvalue weighted by molar-refractivity contribution is 5.97. The van der Waals surface area contributed by atoms with Gasteiger partial charge in [0.2, 0.25) is 0 Å². The Hall–Kier alpha value is -1.51. The highest BCUT2D eigenvalue weighted by Crippen LogP contribution is 2.47. The van der Waals surface area contributed by atoms with Crippen molar-refractivity contribution in [2.45, 2.75) is 31.7 Å². The van der Waals surface area contributed by atoms with Gasteiger partial charge in [0.05, 0.1) is 11.8 Å². The van der Waals surface area contributed by atoms with Crippen LogP contribution in [0.15, 0.2) is 29.4 Å². The molecular formula is C15H18N2O. The number of benzene rings is 1. The number of fused-ring (bicyclic) bond motifs is 3. The lowest BCUT2D eigenvalue weighted by Crippen LogP contribution is -2.44. The van der Waals surface area contributed by atoms with Gasteiger partial charge in [-0.1, -0.05) is 23.4 Å². The molecule has 0 radical (unpaired) electrons. The first-order chi connectivity index (χ1) is 8.88. The maximum Gasteiger partial charge on any atom is 0.0828 e. The van der Waals surface area contributed by atoms with Crippen molar-refractivity contribution in [3.63, 3.8) is 0 Å². The maximum absolute atomic E-state index is 9.33. The number of para-hydroxylation sites is 1. The molecule has 2 fully saturated rings. The van der Waals surface area contributed by atoms with E-state index in [4.69, 9.17) is 0 Å². The molecule has 3 nitrogen and oxygen atoms in total. The highest BCUT2D eigenvalue weighted by atomic mass is 16.4. The molecule has 1 aromatic rings. The Balaban J connectivity index is 1.73. The van der Waals surface area contributed by atoms with Crippen molar-refractivity contribution in [3.8, 4) is 0 Å². The fourth-order valence-corrected chi connectivity index (χ4v) is 4.26. The molecule has 1 heterocycles. The van der Waals surface area contributed by atoms with E-state index >= 15 is 0 Å². The molecule has 3 aliphatic rings. The van der Waals surface area contributed by atoms with Crippen molar-refractivity contribution in [2.24, 2.45) is 17.0 Å². The van der Waals surface area contributed by atoms with Gasteiger partial charge in [0.1, 0.15) is 0 Å². The van der Waals surface area contributed by atoms with Crippen LogP contribution in [-0.4, -0.2) is 23.5 Å². The van der Waals surface area contributed by atoms with Gasteiger partial charge in [-0.25, -0.2) is 0 Å². The average Bonchev–Trinajstić information content (AvgIpc) is 3.11. The van der Waals surface area contributed by atoms with Gasteiger partial charge in [-0.3, -0.25) is 0 Å². The minimum Gasteiger partial charge on any atom is -0.411 e. The number of rotatable bonds is 1. The zero-order chi connectivity index (χ0) is 12.1. The quantitative estimate of drug-likeness (QED) is 0.607. The molecule has 2 aliphatic carbocycles. The molecule has 3 heteroatoms. The largest absolute Gasteiger partial charge is 0.411 e. The molecule has 4 rings (SSSR count). The van der Waals surface area contributed by atoms with Crippen LogP contribution in [0, 0.1) is 11.8 Å². The van der Waals surface area contributed by atoms with Crippen molar-refractivity contribution in [1.82, 2.24) is 0 Å². The fourth-order valence-electron chi connectivity index (χ4n) is 4.26. The van der Waals surface area contributed by atoms with Crippen LogP contribution in [0.25, 0.3) is 0 Å². The summed E-state index contributed by atoms with van der Waals surface area (Å²) in [6.45, 7) is 1.08. The second-order valence-electron chi connectivity index (χ2n) is 5.81. The standard InChI is InChI=1S/C15H18N2O/c18-16-14-11-5-6-12(9-11)15(14)17-8-7-10-3-1-2-4-13(10)17/h1-4,11-12,15,18H,5-9H2. The Morgan fingerprint density at radius 2 is 2.11 bits per heavy atom. The van der Waals surface area contributed by atoms with E-state index < -0.39 is 0 Å². The molecule has 1 aromatic carbocycles. The molecular weight excluding hydrogens is 224 g/mol. The lowest BCUT2D eigenvalue weighted by Gasteiger charge is -2.33.